The molecule has 0 spiro atoms. The monoisotopic (exact) mass is 234 g/mol. The van der Waals surface area contributed by atoms with Crippen LogP contribution in [0, 0.1) is 17.1 Å². The fourth-order valence-electron chi connectivity index (χ4n) is 2.15. The summed E-state index contributed by atoms with van der Waals surface area (Å²) in [6.07, 6.45) is 3.02. The van der Waals surface area contributed by atoms with Gasteiger partial charge in [-0.15, -0.1) is 0 Å². The lowest BCUT2D eigenvalue weighted by Gasteiger charge is -2.16. The van der Waals surface area contributed by atoms with Crippen LogP contribution in [-0.2, 0) is 11.3 Å². The molecule has 4 heteroatoms. The molecule has 0 bridgehead atoms. The number of ether oxygens (including phenoxy) is 1. The Kier molecular flexibility index (Phi) is 3.72. The predicted octanol–water partition coefficient (Wildman–Crippen LogP) is 2.09. The number of nitrogens with zero attached hydrogens (tertiary/aromatic N) is 1. The summed E-state index contributed by atoms with van der Waals surface area (Å²) in [6, 6.07) is 6.20. The van der Waals surface area contributed by atoms with Crippen LogP contribution in [0.3, 0.4) is 0 Å². The van der Waals surface area contributed by atoms with Gasteiger partial charge in [-0.05, 0) is 43.0 Å². The lowest BCUT2D eigenvalue weighted by Crippen LogP contribution is -2.31. The van der Waals surface area contributed by atoms with Crippen molar-refractivity contribution in [3.63, 3.8) is 0 Å². The second kappa shape index (κ2) is 5.26. The van der Waals surface area contributed by atoms with Crippen molar-refractivity contribution in [1.82, 2.24) is 0 Å². The zero-order chi connectivity index (χ0) is 12.3. The van der Waals surface area contributed by atoms with Crippen LogP contribution in [-0.4, -0.2) is 12.1 Å². The van der Waals surface area contributed by atoms with Crippen LogP contribution in [0.2, 0.25) is 0 Å². The standard InChI is InChI=1S/C13H15FN2O/c14-11-5-4-9(7-15)10(6-11)8-17-13-3-1-2-12(13)16/h4-6,12-13H,1-3,8,16H2. The van der Waals surface area contributed by atoms with Crippen molar-refractivity contribution in [3.05, 3.63) is 35.1 Å². The highest BCUT2D eigenvalue weighted by Crippen LogP contribution is 2.22. The maximum absolute atomic E-state index is 13.1. The van der Waals surface area contributed by atoms with Crippen LogP contribution in [0.15, 0.2) is 18.2 Å². The van der Waals surface area contributed by atoms with Crippen molar-refractivity contribution >= 4 is 0 Å². The molecule has 2 N–H and O–H groups in total. The Morgan fingerprint density at radius 3 is 2.94 bits per heavy atom. The quantitative estimate of drug-likeness (QED) is 0.871. The number of halogens is 1. The molecule has 2 rings (SSSR count). The molecule has 3 nitrogen and oxygen atoms in total. The topological polar surface area (TPSA) is 59.0 Å². The third-order valence-electron chi connectivity index (χ3n) is 3.14. The molecule has 1 aliphatic rings. The van der Waals surface area contributed by atoms with Crippen LogP contribution >= 0.6 is 0 Å². The highest BCUT2D eigenvalue weighted by Gasteiger charge is 2.24. The minimum atomic E-state index is -0.349. The molecule has 1 aromatic rings. The molecule has 1 aromatic carbocycles. The molecule has 0 heterocycles. The van der Waals surface area contributed by atoms with E-state index in [2.05, 4.69) is 0 Å². The van der Waals surface area contributed by atoms with E-state index in [9.17, 15) is 4.39 Å². The van der Waals surface area contributed by atoms with Crippen LogP contribution in [0.4, 0.5) is 4.39 Å². The SMILES string of the molecule is N#Cc1ccc(F)cc1COC1CCCC1N. The number of nitrogens with two attached hydrogens (primary N) is 1. The lowest BCUT2D eigenvalue weighted by atomic mass is 10.1. The first-order valence-electron chi connectivity index (χ1n) is 5.76. The van der Waals surface area contributed by atoms with Crippen LogP contribution in [0.25, 0.3) is 0 Å². The van der Waals surface area contributed by atoms with Crippen LogP contribution < -0.4 is 5.73 Å². The maximum atomic E-state index is 13.1. The summed E-state index contributed by atoms with van der Waals surface area (Å²) >= 11 is 0. The van der Waals surface area contributed by atoms with Gasteiger partial charge >= 0.3 is 0 Å². The van der Waals surface area contributed by atoms with Gasteiger partial charge in [0, 0.05) is 6.04 Å². The first-order valence-corrected chi connectivity index (χ1v) is 5.76. The van der Waals surface area contributed by atoms with Gasteiger partial charge in [0.1, 0.15) is 5.82 Å². The molecular formula is C13H15FN2O. The highest BCUT2D eigenvalue weighted by atomic mass is 19.1. The van der Waals surface area contributed by atoms with E-state index in [0.29, 0.717) is 11.1 Å². The zero-order valence-corrected chi connectivity index (χ0v) is 9.53. The van der Waals surface area contributed by atoms with E-state index < -0.39 is 0 Å². The van der Waals surface area contributed by atoms with E-state index in [4.69, 9.17) is 15.7 Å². The average Bonchev–Trinajstić information content (AvgIpc) is 2.72. The van der Waals surface area contributed by atoms with Gasteiger partial charge in [-0.1, -0.05) is 0 Å². The Balaban J connectivity index is 2.03. The molecule has 2 atom stereocenters. The number of benzene rings is 1. The molecule has 1 fully saturated rings. The van der Waals surface area contributed by atoms with Crippen molar-refractivity contribution in [1.29, 1.82) is 5.26 Å². The van der Waals surface area contributed by atoms with Crippen molar-refractivity contribution in [2.24, 2.45) is 5.73 Å². The molecule has 0 saturated heterocycles. The van der Waals surface area contributed by atoms with Gasteiger partial charge in [0.15, 0.2) is 0 Å². The first-order chi connectivity index (χ1) is 8.20. The number of hydrogen-bond acceptors (Lipinski definition) is 3. The Bertz CT molecular complexity index is 442. The summed E-state index contributed by atoms with van der Waals surface area (Å²) in [4.78, 5) is 0. The van der Waals surface area contributed by atoms with Crippen molar-refractivity contribution in [2.45, 2.75) is 38.0 Å². The maximum Gasteiger partial charge on any atom is 0.123 e. The molecule has 17 heavy (non-hydrogen) atoms. The minimum absolute atomic E-state index is 0.0322. The van der Waals surface area contributed by atoms with Gasteiger partial charge in [-0.3, -0.25) is 0 Å². The van der Waals surface area contributed by atoms with E-state index in [1.807, 2.05) is 6.07 Å². The van der Waals surface area contributed by atoms with E-state index in [-0.39, 0.29) is 24.6 Å². The lowest BCUT2D eigenvalue weighted by molar-refractivity contribution is 0.0355. The molecule has 90 valence electrons. The van der Waals surface area contributed by atoms with Crippen LogP contribution in [0.1, 0.15) is 30.4 Å². The molecule has 1 aliphatic carbocycles. The third-order valence-corrected chi connectivity index (χ3v) is 3.14. The Labute approximate surface area is 100.0 Å². The number of rotatable bonds is 3. The predicted molar refractivity (Wildman–Crippen MR) is 61.5 cm³/mol. The van der Waals surface area contributed by atoms with Gasteiger partial charge in [0.25, 0.3) is 0 Å². The van der Waals surface area contributed by atoms with Crippen molar-refractivity contribution in [2.75, 3.05) is 0 Å². The molecule has 0 aromatic heterocycles. The Morgan fingerprint density at radius 1 is 1.47 bits per heavy atom. The van der Waals surface area contributed by atoms with E-state index in [1.165, 1.54) is 18.2 Å². The van der Waals surface area contributed by atoms with Gasteiger partial charge < -0.3 is 10.5 Å². The number of hydrogen-bond donors (Lipinski definition) is 1. The number of nitriles is 1. The molecule has 0 amide bonds. The van der Waals surface area contributed by atoms with Gasteiger partial charge in [0.05, 0.1) is 24.3 Å². The van der Waals surface area contributed by atoms with Crippen molar-refractivity contribution in [3.8, 4) is 6.07 Å². The first kappa shape index (κ1) is 12.0. The smallest absolute Gasteiger partial charge is 0.123 e. The van der Waals surface area contributed by atoms with Gasteiger partial charge in [-0.25, -0.2) is 4.39 Å². The Hall–Kier alpha value is -1.44. The zero-order valence-electron chi connectivity index (χ0n) is 9.53. The second-order valence-corrected chi connectivity index (χ2v) is 4.36. The molecule has 0 radical (unpaired) electrons. The van der Waals surface area contributed by atoms with E-state index in [1.54, 1.807) is 0 Å². The molecule has 0 aliphatic heterocycles. The van der Waals surface area contributed by atoms with Gasteiger partial charge in [-0.2, -0.15) is 5.26 Å². The fraction of sp³-hybridized carbons (Fsp3) is 0.462. The summed E-state index contributed by atoms with van der Waals surface area (Å²) in [5.41, 5.74) is 6.93. The molecule has 2 unspecified atom stereocenters. The van der Waals surface area contributed by atoms with E-state index in [0.717, 1.165) is 19.3 Å². The molecule has 1 saturated carbocycles. The summed E-state index contributed by atoms with van der Waals surface area (Å²) in [5, 5.41) is 8.90. The fourth-order valence-corrected chi connectivity index (χ4v) is 2.15. The average molecular weight is 234 g/mol. The van der Waals surface area contributed by atoms with Crippen LogP contribution in [0.5, 0.6) is 0 Å². The summed E-state index contributed by atoms with van der Waals surface area (Å²) < 4.78 is 18.7. The van der Waals surface area contributed by atoms with Gasteiger partial charge in [0.2, 0.25) is 0 Å². The summed E-state index contributed by atoms with van der Waals surface area (Å²) in [7, 11) is 0. The third kappa shape index (κ3) is 2.82. The minimum Gasteiger partial charge on any atom is -0.372 e. The normalized spacial score (nSPS) is 23.6. The molecular weight excluding hydrogens is 219 g/mol. The summed E-state index contributed by atoms with van der Waals surface area (Å²) in [6.45, 7) is 0.249. The Morgan fingerprint density at radius 2 is 2.29 bits per heavy atom. The summed E-state index contributed by atoms with van der Waals surface area (Å²) in [5.74, 6) is -0.349. The largest absolute Gasteiger partial charge is 0.372 e. The van der Waals surface area contributed by atoms with E-state index >= 15 is 0 Å². The second-order valence-electron chi connectivity index (χ2n) is 4.36. The van der Waals surface area contributed by atoms with Crippen molar-refractivity contribution < 1.29 is 9.13 Å². The highest BCUT2D eigenvalue weighted by molar-refractivity contribution is 5.37.